The number of hydrogen-bond acceptors (Lipinski definition) is 6. The molecular formula is C18H21N5O2. The predicted molar refractivity (Wildman–Crippen MR) is 93.4 cm³/mol. The zero-order valence-corrected chi connectivity index (χ0v) is 14.2. The molecule has 1 aliphatic heterocycles. The van der Waals surface area contributed by atoms with Crippen LogP contribution >= 0.6 is 0 Å². The Bertz CT molecular complexity index is 825. The fourth-order valence-corrected chi connectivity index (χ4v) is 3.03. The number of methoxy groups -OCH3 is 1. The molecule has 1 N–H and O–H groups in total. The lowest BCUT2D eigenvalue weighted by molar-refractivity contribution is 0.177. The second kappa shape index (κ2) is 7.16. The van der Waals surface area contributed by atoms with E-state index in [2.05, 4.69) is 20.3 Å². The lowest BCUT2D eigenvalue weighted by Gasteiger charge is -2.12. The summed E-state index contributed by atoms with van der Waals surface area (Å²) in [4.78, 5) is 13.8. The summed E-state index contributed by atoms with van der Waals surface area (Å²) in [5.41, 5.74) is 2.91. The first-order valence-electron chi connectivity index (χ1n) is 8.43. The van der Waals surface area contributed by atoms with E-state index in [0.717, 1.165) is 42.5 Å². The van der Waals surface area contributed by atoms with Crippen molar-refractivity contribution in [3.63, 3.8) is 0 Å². The first-order chi connectivity index (χ1) is 12.3. The highest BCUT2D eigenvalue weighted by atomic mass is 16.5. The van der Waals surface area contributed by atoms with Crippen LogP contribution in [0.25, 0.3) is 5.65 Å². The van der Waals surface area contributed by atoms with Gasteiger partial charge >= 0.3 is 0 Å². The summed E-state index contributed by atoms with van der Waals surface area (Å²) in [7, 11) is 1.65. The topological polar surface area (TPSA) is 73.6 Å². The summed E-state index contributed by atoms with van der Waals surface area (Å²) in [5, 5.41) is 3.36. The number of hydrogen-bond donors (Lipinski definition) is 1. The second-order valence-corrected chi connectivity index (χ2v) is 6.14. The second-order valence-electron chi connectivity index (χ2n) is 6.14. The lowest BCUT2D eigenvalue weighted by Crippen LogP contribution is -2.10. The molecule has 0 aliphatic carbocycles. The lowest BCUT2D eigenvalue weighted by atomic mass is 10.0. The maximum Gasteiger partial charge on any atom is 0.156 e. The molecule has 1 fully saturated rings. The number of ether oxygens (including phenoxy) is 2. The highest BCUT2D eigenvalue weighted by molar-refractivity contribution is 5.42. The monoisotopic (exact) mass is 339 g/mol. The Kier molecular flexibility index (Phi) is 4.58. The predicted octanol–water partition coefficient (Wildman–Crippen LogP) is 2.39. The Hall–Kier alpha value is -2.51. The van der Waals surface area contributed by atoms with Crippen LogP contribution in [0.2, 0.25) is 0 Å². The average Bonchev–Trinajstić information content (AvgIpc) is 3.29. The minimum absolute atomic E-state index is 0.328. The van der Waals surface area contributed by atoms with Gasteiger partial charge in [-0.2, -0.15) is 0 Å². The summed E-state index contributed by atoms with van der Waals surface area (Å²) in [6.07, 6.45) is 5.01. The van der Waals surface area contributed by atoms with Gasteiger partial charge in [0, 0.05) is 38.1 Å². The van der Waals surface area contributed by atoms with Crippen molar-refractivity contribution >= 4 is 11.5 Å². The number of imidazole rings is 1. The van der Waals surface area contributed by atoms with Crippen molar-refractivity contribution in [3.8, 4) is 0 Å². The van der Waals surface area contributed by atoms with Crippen molar-refractivity contribution in [1.82, 2.24) is 19.4 Å². The fraction of sp³-hybridized carbons (Fsp3) is 0.389. The molecule has 1 aliphatic rings. The van der Waals surface area contributed by atoms with Crippen LogP contribution in [0.1, 0.15) is 29.6 Å². The molecule has 1 atom stereocenters. The van der Waals surface area contributed by atoms with Crippen LogP contribution in [-0.4, -0.2) is 39.7 Å². The summed E-state index contributed by atoms with van der Waals surface area (Å²) < 4.78 is 12.7. The molecule has 0 spiro atoms. The molecule has 0 saturated carbocycles. The Morgan fingerprint density at radius 2 is 2.28 bits per heavy atom. The van der Waals surface area contributed by atoms with Gasteiger partial charge in [0.15, 0.2) is 5.82 Å². The van der Waals surface area contributed by atoms with Crippen LogP contribution in [0, 0.1) is 0 Å². The highest BCUT2D eigenvalue weighted by Crippen LogP contribution is 2.25. The van der Waals surface area contributed by atoms with Gasteiger partial charge < -0.3 is 19.2 Å². The molecule has 7 nitrogen and oxygen atoms in total. The fourth-order valence-electron chi connectivity index (χ4n) is 3.03. The number of rotatable bonds is 6. The van der Waals surface area contributed by atoms with E-state index in [9.17, 15) is 0 Å². The van der Waals surface area contributed by atoms with E-state index in [1.165, 1.54) is 0 Å². The third-order valence-corrected chi connectivity index (χ3v) is 4.28. The number of nitrogens with zero attached hydrogens (tertiary/aromatic N) is 4. The zero-order valence-electron chi connectivity index (χ0n) is 14.2. The minimum Gasteiger partial charge on any atom is -0.381 e. The third-order valence-electron chi connectivity index (χ3n) is 4.28. The molecule has 0 bridgehead atoms. The Morgan fingerprint density at radius 3 is 3.08 bits per heavy atom. The van der Waals surface area contributed by atoms with E-state index < -0.39 is 0 Å². The Balaban J connectivity index is 1.53. The van der Waals surface area contributed by atoms with Gasteiger partial charge in [-0.25, -0.2) is 15.0 Å². The summed E-state index contributed by atoms with van der Waals surface area (Å²) in [5.74, 6) is 1.81. The maximum absolute atomic E-state index is 5.49. The molecule has 4 heterocycles. The molecule has 0 radical (unpaired) electrons. The molecule has 0 amide bonds. The van der Waals surface area contributed by atoms with Gasteiger partial charge in [0.25, 0.3) is 0 Å². The van der Waals surface area contributed by atoms with E-state index in [4.69, 9.17) is 9.47 Å². The molecule has 1 unspecified atom stereocenters. The smallest absolute Gasteiger partial charge is 0.156 e. The van der Waals surface area contributed by atoms with E-state index in [1.807, 2.05) is 41.1 Å². The zero-order chi connectivity index (χ0) is 17.1. The molecule has 4 rings (SSSR count). The largest absolute Gasteiger partial charge is 0.381 e. The first kappa shape index (κ1) is 16.0. The van der Waals surface area contributed by atoms with Gasteiger partial charge in [0.2, 0.25) is 0 Å². The van der Waals surface area contributed by atoms with E-state index in [0.29, 0.717) is 24.9 Å². The molecule has 1 saturated heterocycles. The van der Waals surface area contributed by atoms with Crippen LogP contribution in [0.4, 0.5) is 5.82 Å². The van der Waals surface area contributed by atoms with Crippen LogP contribution < -0.4 is 5.32 Å². The SMILES string of the molecule is COCc1nc(NCc2cn3ccccc3n2)cc(C2CCOC2)n1. The number of pyridine rings is 1. The van der Waals surface area contributed by atoms with Crippen molar-refractivity contribution in [2.45, 2.75) is 25.5 Å². The van der Waals surface area contributed by atoms with Crippen molar-refractivity contribution in [2.24, 2.45) is 0 Å². The molecular weight excluding hydrogens is 318 g/mol. The maximum atomic E-state index is 5.49. The van der Waals surface area contributed by atoms with Gasteiger partial charge in [-0.3, -0.25) is 0 Å². The van der Waals surface area contributed by atoms with Crippen LogP contribution in [0.3, 0.4) is 0 Å². The normalized spacial score (nSPS) is 17.2. The molecule has 25 heavy (non-hydrogen) atoms. The van der Waals surface area contributed by atoms with Gasteiger partial charge in [-0.15, -0.1) is 0 Å². The number of fused-ring (bicyclic) bond motifs is 1. The summed E-state index contributed by atoms with van der Waals surface area (Å²) in [6, 6.07) is 7.97. The van der Waals surface area contributed by atoms with Gasteiger partial charge in [-0.05, 0) is 18.6 Å². The number of anilines is 1. The average molecular weight is 339 g/mol. The van der Waals surface area contributed by atoms with Crippen molar-refractivity contribution in [1.29, 1.82) is 0 Å². The Morgan fingerprint density at radius 1 is 1.32 bits per heavy atom. The molecule has 3 aromatic rings. The standard InChI is InChI=1S/C18H21N5O2/c1-24-12-17-21-15(13-5-7-25-11-13)8-16(22-17)19-9-14-10-23-6-3-2-4-18(23)20-14/h2-4,6,8,10,13H,5,7,9,11-12H2,1H3,(H,19,21,22). The van der Waals surface area contributed by atoms with Gasteiger partial charge in [-0.1, -0.05) is 6.07 Å². The Labute approximate surface area is 146 Å². The molecule has 0 aromatic carbocycles. The van der Waals surface area contributed by atoms with E-state index in [-0.39, 0.29) is 0 Å². The number of nitrogens with one attached hydrogen (secondary N) is 1. The third kappa shape index (κ3) is 3.62. The van der Waals surface area contributed by atoms with Gasteiger partial charge in [0.05, 0.1) is 24.5 Å². The van der Waals surface area contributed by atoms with Crippen LogP contribution in [0.15, 0.2) is 36.7 Å². The van der Waals surface area contributed by atoms with Crippen molar-refractivity contribution in [3.05, 3.63) is 53.9 Å². The van der Waals surface area contributed by atoms with E-state index in [1.54, 1.807) is 7.11 Å². The molecule has 3 aromatic heterocycles. The van der Waals surface area contributed by atoms with Crippen LogP contribution in [0.5, 0.6) is 0 Å². The quantitative estimate of drug-likeness (QED) is 0.743. The summed E-state index contributed by atoms with van der Waals surface area (Å²) >= 11 is 0. The van der Waals surface area contributed by atoms with Crippen molar-refractivity contribution in [2.75, 3.05) is 25.6 Å². The first-order valence-corrected chi connectivity index (χ1v) is 8.43. The summed E-state index contributed by atoms with van der Waals surface area (Å²) in [6.45, 7) is 2.50. The highest BCUT2D eigenvalue weighted by Gasteiger charge is 2.20. The van der Waals surface area contributed by atoms with Crippen LogP contribution in [-0.2, 0) is 22.6 Å². The minimum atomic E-state index is 0.328. The van der Waals surface area contributed by atoms with Crippen molar-refractivity contribution < 1.29 is 9.47 Å². The molecule has 7 heteroatoms. The molecule has 130 valence electrons. The van der Waals surface area contributed by atoms with Gasteiger partial charge in [0.1, 0.15) is 18.1 Å². The number of aromatic nitrogens is 4. The van der Waals surface area contributed by atoms with E-state index >= 15 is 0 Å².